The molecule has 0 radical (unpaired) electrons. The van der Waals surface area contributed by atoms with Crippen LogP contribution >= 0.6 is 0 Å². The summed E-state index contributed by atoms with van der Waals surface area (Å²) in [5.41, 5.74) is 2.28. The van der Waals surface area contributed by atoms with Gasteiger partial charge in [-0.15, -0.1) is 0 Å². The summed E-state index contributed by atoms with van der Waals surface area (Å²) in [6, 6.07) is 5.58. The van der Waals surface area contributed by atoms with Crippen molar-refractivity contribution in [1.82, 2.24) is 0 Å². The summed E-state index contributed by atoms with van der Waals surface area (Å²) in [4.78, 5) is 0. The lowest BCUT2D eigenvalue weighted by molar-refractivity contribution is 0.506. The molecule has 2 aromatic rings. The van der Waals surface area contributed by atoms with Gasteiger partial charge in [-0.3, -0.25) is 0 Å². The zero-order chi connectivity index (χ0) is 12.6. The minimum absolute atomic E-state index is 0.419. The number of aryl methyl sites for hydroxylation is 3. The Balaban J connectivity index is 2.81. The molecule has 0 amide bonds. The van der Waals surface area contributed by atoms with Crippen LogP contribution in [0.1, 0.15) is 30.0 Å². The molecule has 0 nitrogen and oxygen atoms in total. The van der Waals surface area contributed by atoms with Crippen LogP contribution in [-0.2, 0) is 6.42 Å². The largest absolute Gasteiger partial charge is 0.203 e. The number of hydrogen-bond donors (Lipinski definition) is 0. The Hall–Kier alpha value is -1.44. The molecule has 0 aliphatic rings. The van der Waals surface area contributed by atoms with Crippen molar-refractivity contribution in [1.29, 1.82) is 0 Å². The predicted octanol–water partition coefficient (Wildman–Crippen LogP) is 4.69. The minimum atomic E-state index is -0.702. The number of benzene rings is 2. The fraction of sp³-hybridized carbons (Fsp3) is 0.333. The van der Waals surface area contributed by atoms with E-state index in [0.29, 0.717) is 17.4 Å². The Bertz CT molecular complexity index is 571. The zero-order valence-electron chi connectivity index (χ0n) is 10.4. The van der Waals surface area contributed by atoms with Crippen molar-refractivity contribution in [3.8, 4) is 0 Å². The van der Waals surface area contributed by atoms with E-state index in [2.05, 4.69) is 0 Å². The molecule has 0 N–H and O–H groups in total. The lowest BCUT2D eigenvalue weighted by Crippen LogP contribution is -1.98. The fourth-order valence-electron chi connectivity index (χ4n) is 2.20. The normalized spacial score (nSPS) is 11.1. The Labute approximate surface area is 100 Å². The molecular formula is C15H16F2. The van der Waals surface area contributed by atoms with E-state index in [1.807, 2.05) is 32.9 Å². The van der Waals surface area contributed by atoms with E-state index in [1.165, 1.54) is 0 Å². The van der Waals surface area contributed by atoms with E-state index >= 15 is 0 Å². The first-order chi connectivity index (χ1) is 8.06. The van der Waals surface area contributed by atoms with Crippen LogP contribution in [0.25, 0.3) is 10.8 Å². The second kappa shape index (κ2) is 4.44. The molecule has 90 valence electrons. The second-order valence-corrected chi connectivity index (χ2v) is 4.52. The van der Waals surface area contributed by atoms with E-state index in [-0.39, 0.29) is 0 Å². The average molecular weight is 234 g/mol. The van der Waals surface area contributed by atoms with Crippen LogP contribution in [0.4, 0.5) is 8.78 Å². The van der Waals surface area contributed by atoms with Crippen molar-refractivity contribution >= 4 is 10.8 Å². The maximum atomic E-state index is 14.0. The van der Waals surface area contributed by atoms with Gasteiger partial charge in [0, 0.05) is 5.39 Å². The minimum Gasteiger partial charge on any atom is -0.203 e. The van der Waals surface area contributed by atoms with Gasteiger partial charge in [0.1, 0.15) is 0 Å². The molecule has 2 rings (SSSR count). The molecule has 0 atom stereocenters. The van der Waals surface area contributed by atoms with Gasteiger partial charge in [0.05, 0.1) is 0 Å². The van der Waals surface area contributed by atoms with Crippen molar-refractivity contribution < 1.29 is 8.78 Å². The summed E-state index contributed by atoms with van der Waals surface area (Å²) in [6.45, 7) is 5.70. The maximum absolute atomic E-state index is 14.0. The molecule has 2 heteroatoms. The monoisotopic (exact) mass is 234 g/mol. The highest BCUT2D eigenvalue weighted by Gasteiger charge is 2.15. The first-order valence-corrected chi connectivity index (χ1v) is 5.93. The molecule has 0 fully saturated rings. The van der Waals surface area contributed by atoms with E-state index in [4.69, 9.17) is 0 Å². The molecule has 0 unspecified atom stereocenters. The highest BCUT2D eigenvalue weighted by atomic mass is 19.2. The lowest BCUT2D eigenvalue weighted by atomic mass is 9.97. The molecule has 0 saturated carbocycles. The van der Waals surface area contributed by atoms with Gasteiger partial charge in [-0.1, -0.05) is 25.5 Å². The molecule has 0 aromatic heterocycles. The van der Waals surface area contributed by atoms with Crippen LogP contribution in [0, 0.1) is 25.5 Å². The summed E-state index contributed by atoms with van der Waals surface area (Å²) in [7, 11) is 0. The maximum Gasteiger partial charge on any atom is 0.167 e. The van der Waals surface area contributed by atoms with Crippen molar-refractivity contribution in [2.75, 3.05) is 0 Å². The third-order valence-electron chi connectivity index (χ3n) is 3.31. The topological polar surface area (TPSA) is 0 Å². The van der Waals surface area contributed by atoms with Crippen LogP contribution in [0.2, 0.25) is 0 Å². The number of rotatable bonds is 2. The standard InChI is InChI=1S/C15H16F2/c1-4-5-12-8-11-7-6-9(2)10(3)13(11)15(17)14(12)16/h6-8H,4-5H2,1-3H3. The van der Waals surface area contributed by atoms with Crippen LogP contribution in [0.3, 0.4) is 0 Å². The van der Waals surface area contributed by atoms with Gasteiger partial charge in [0.15, 0.2) is 11.6 Å². The third kappa shape index (κ3) is 1.92. The van der Waals surface area contributed by atoms with Crippen LogP contribution in [-0.4, -0.2) is 0 Å². The summed E-state index contributed by atoms with van der Waals surface area (Å²) in [5, 5.41) is 1.21. The molecule has 0 aliphatic heterocycles. The number of halogens is 2. The highest BCUT2D eigenvalue weighted by Crippen LogP contribution is 2.28. The predicted molar refractivity (Wildman–Crippen MR) is 67.3 cm³/mol. The lowest BCUT2D eigenvalue weighted by Gasteiger charge is -2.10. The third-order valence-corrected chi connectivity index (χ3v) is 3.31. The summed E-state index contributed by atoms with van der Waals surface area (Å²) in [5.74, 6) is -1.39. The molecular weight excluding hydrogens is 218 g/mol. The van der Waals surface area contributed by atoms with E-state index in [1.54, 1.807) is 6.07 Å². The second-order valence-electron chi connectivity index (χ2n) is 4.52. The van der Waals surface area contributed by atoms with Gasteiger partial charge < -0.3 is 0 Å². The first kappa shape index (κ1) is 12.0. The van der Waals surface area contributed by atoms with Gasteiger partial charge in [-0.05, 0) is 48.4 Å². The van der Waals surface area contributed by atoms with Crippen LogP contribution < -0.4 is 0 Å². The SMILES string of the molecule is CCCc1cc2ccc(C)c(C)c2c(F)c1F. The number of fused-ring (bicyclic) bond motifs is 1. The van der Waals surface area contributed by atoms with Crippen LogP contribution in [0.15, 0.2) is 18.2 Å². The molecule has 0 aliphatic carbocycles. The summed E-state index contributed by atoms with van der Waals surface area (Å²) in [6.07, 6.45) is 1.39. The summed E-state index contributed by atoms with van der Waals surface area (Å²) >= 11 is 0. The zero-order valence-corrected chi connectivity index (χ0v) is 10.4. The highest BCUT2D eigenvalue weighted by molar-refractivity contribution is 5.88. The molecule has 17 heavy (non-hydrogen) atoms. The summed E-state index contributed by atoms with van der Waals surface area (Å²) < 4.78 is 27.9. The molecule has 0 heterocycles. The van der Waals surface area contributed by atoms with E-state index in [0.717, 1.165) is 22.9 Å². The van der Waals surface area contributed by atoms with Crippen molar-refractivity contribution in [2.24, 2.45) is 0 Å². The van der Waals surface area contributed by atoms with Gasteiger partial charge in [-0.2, -0.15) is 0 Å². The van der Waals surface area contributed by atoms with Crippen LogP contribution in [0.5, 0.6) is 0 Å². The van der Waals surface area contributed by atoms with Gasteiger partial charge in [0.25, 0.3) is 0 Å². The molecule has 0 bridgehead atoms. The smallest absolute Gasteiger partial charge is 0.167 e. The van der Waals surface area contributed by atoms with Crippen molar-refractivity contribution in [3.63, 3.8) is 0 Å². The molecule has 0 saturated heterocycles. The van der Waals surface area contributed by atoms with E-state index < -0.39 is 11.6 Å². The Kier molecular flexibility index (Phi) is 3.14. The fourth-order valence-corrected chi connectivity index (χ4v) is 2.20. The van der Waals surface area contributed by atoms with Crippen molar-refractivity contribution in [2.45, 2.75) is 33.6 Å². The van der Waals surface area contributed by atoms with Crippen molar-refractivity contribution in [3.05, 3.63) is 46.5 Å². The Morgan fingerprint density at radius 3 is 2.41 bits per heavy atom. The molecule has 2 aromatic carbocycles. The quantitative estimate of drug-likeness (QED) is 0.707. The van der Waals surface area contributed by atoms with E-state index in [9.17, 15) is 8.78 Å². The average Bonchev–Trinajstić information content (AvgIpc) is 2.30. The number of hydrogen-bond acceptors (Lipinski definition) is 0. The van der Waals surface area contributed by atoms with Gasteiger partial charge in [0.2, 0.25) is 0 Å². The Morgan fingerprint density at radius 2 is 1.76 bits per heavy atom. The van der Waals surface area contributed by atoms with Gasteiger partial charge in [-0.25, -0.2) is 8.78 Å². The first-order valence-electron chi connectivity index (χ1n) is 5.93. The molecule has 0 spiro atoms. The Morgan fingerprint density at radius 1 is 1.06 bits per heavy atom. The van der Waals surface area contributed by atoms with Gasteiger partial charge >= 0.3 is 0 Å².